The van der Waals surface area contributed by atoms with Gasteiger partial charge in [-0.1, -0.05) is 55.5 Å². The third-order valence-corrected chi connectivity index (χ3v) is 6.19. The molecule has 2 aromatic rings. The van der Waals surface area contributed by atoms with Gasteiger partial charge in [0, 0.05) is 22.8 Å². The van der Waals surface area contributed by atoms with Crippen LogP contribution in [0, 0.1) is 0 Å². The van der Waals surface area contributed by atoms with Crippen LogP contribution in [0.5, 0.6) is 0 Å². The molecule has 1 aliphatic rings. The van der Waals surface area contributed by atoms with Gasteiger partial charge in [0.1, 0.15) is 0 Å². The van der Waals surface area contributed by atoms with Gasteiger partial charge in [0.25, 0.3) is 0 Å². The molecule has 0 saturated heterocycles. The minimum absolute atomic E-state index is 0.0624. The van der Waals surface area contributed by atoms with Crippen LogP contribution in [0.1, 0.15) is 43.4 Å². The maximum atomic E-state index is 9.30. The molecule has 122 valence electrons. The molecule has 0 spiro atoms. The highest BCUT2D eigenvalue weighted by molar-refractivity contribution is 7.99. The van der Waals surface area contributed by atoms with Crippen molar-refractivity contribution in [3.8, 4) is 0 Å². The predicted molar refractivity (Wildman–Crippen MR) is 97.9 cm³/mol. The summed E-state index contributed by atoms with van der Waals surface area (Å²) >= 11 is 1.95. The fourth-order valence-corrected chi connectivity index (χ4v) is 4.73. The minimum atomic E-state index is 0.0624. The number of rotatable bonds is 5. The van der Waals surface area contributed by atoms with E-state index in [1.165, 1.54) is 16.0 Å². The van der Waals surface area contributed by atoms with Crippen molar-refractivity contribution in [1.29, 1.82) is 0 Å². The van der Waals surface area contributed by atoms with Crippen LogP contribution in [-0.2, 0) is 0 Å². The zero-order valence-corrected chi connectivity index (χ0v) is 14.5. The lowest BCUT2D eigenvalue weighted by Crippen LogP contribution is -2.48. The second-order valence-corrected chi connectivity index (χ2v) is 7.29. The molecular formula is C20H25NOS. The SMILES string of the molecule is CCC1(CCCO)CSc2ccccc2C(c2ccccc2)N1. The summed E-state index contributed by atoms with van der Waals surface area (Å²) in [6, 6.07) is 19.6. The molecule has 0 aromatic heterocycles. The smallest absolute Gasteiger partial charge is 0.0592 e. The fraction of sp³-hybridized carbons (Fsp3) is 0.400. The van der Waals surface area contributed by atoms with Crippen molar-refractivity contribution in [2.24, 2.45) is 0 Å². The molecule has 1 heterocycles. The summed E-state index contributed by atoms with van der Waals surface area (Å²) in [5.41, 5.74) is 2.74. The zero-order valence-electron chi connectivity index (χ0n) is 13.7. The van der Waals surface area contributed by atoms with E-state index in [-0.39, 0.29) is 18.2 Å². The second-order valence-electron chi connectivity index (χ2n) is 6.28. The molecule has 0 aliphatic carbocycles. The minimum Gasteiger partial charge on any atom is -0.396 e. The van der Waals surface area contributed by atoms with Gasteiger partial charge in [-0.2, -0.15) is 0 Å². The molecule has 0 radical (unpaired) electrons. The Hall–Kier alpha value is -1.29. The van der Waals surface area contributed by atoms with Crippen LogP contribution < -0.4 is 5.32 Å². The van der Waals surface area contributed by atoms with Crippen LogP contribution in [0.4, 0.5) is 0 Å². The predicted octanol–water partition coefficient (Wildman–Crippen LogP) is 4.39. The maximum absolute atomic E-state index is 9.30. The van der Waals surface area contributed by atoms with Gasteiger partial charge in [0.15, 0.2) is 0 Å². The van der Waals surface area contributed by atoms with Gasteiger partial charge < -0.3 is 5.11 Å². The van der Waals surface area contributed by atoms with Gasteiger partial charge >= 0.3 is 0 Å². The monoisotopic (exact) mass is 327 g/mol. The zero-order chi connectivity index (χ0) is 16.1. The largest absolute Gasteiger partial charge is 0.396 e. The molecule has 23 heavy (non-hydrogen) atoms. The van der Waals surface area contributed by atoms with Crippen molar-refractivity contribution in [3.63, 3.8) is 0 Å². The van der Waals surface area contributed by atoms with E-state index in [1.54, 1.807) is 0 Å². The van der Waals surface area contributed by atoms with Crippen molar-refractivity contribution in [2.75, 3.05) is 12.4 Å². The maximum Gasteiger partial charge on any atom is 0.0592 e. The number of fused-ring (bicyclic) bond motifs is 1. The van der Waals surface area contributed by atoms with E-state index >= 15 is 0 Å². The Kier molecular flexibility index (Phi) is 5.42. The number of benzene rings is 2. The van der Waals surface area contributed by atoms with E-state index in [0.29, 0.717) is 0 Å². The summed E-state index contributed by atoms with van der Waals surface area (Å²) < 4.78 is 0. The molecular weight excluding hydrogens is 302 g/mol. The van der Waals surface area contributed by atoms with E-state index < -0.39 is 0 Å². The quantitative estimate of drug-likeness (QED) is 0.854. The molecule has 0 amide bonds. The Morgan fingerprint density at radius 1 is 1.13 bits per heavy atom. The van der Waals surface area contributed by atoms with Gasteiger partial charge in [-0.25, -0.2) is 0 Å². The Morgan fingerprint density at radius 2 is 1.87 bits per heavy atom. The topological polar surface area (TPSA) is 32.3 Å². The fourth-order valence-electron chi connectivity index (χ4n) is 3.34. The molecule has 3 heteroatoms. The van der Waals surface area contributed by atoms with E-state index in [4.69, 9.17) is 0 Å². The van der Waals surface area contributed by atoms with Crippen LogP contribution in [0.15, 0.2) is 59.5 Å². The van der Waals surface area contributed by atoms with E-state index in [0.717, 1.165) is 25.0 Å². The van der Waals surface area contributed by atoms with Crippen LogP contribution in [0.2, 0.25) is 0 Å². The number of aliphatic hydroxyl groups excluding tert-OH is 1. The summed E-state index contributed by atoms with van der Waals surface area (Å²) in [5.74, 6) is 1.05. The lowest BCUT2D eigenvalue weighted by Gasteiger charge is -2.36. The number of nitrogens with one attached hydrogen (secondary N) is 1. The summed E-state index contributed by atoms with van der Waals surface area (Å²) in [6.45, 7) is 2.51. The first-order valence-electron chi connectivity index (χ1n) is 8.43. The molecule has 0 bridgehead atoms. The summed E-state index contributed by atoms with van der Waals surface area (Å²) in [7, 11) is 0. The Morgan fingerprint density at radius 3 is 2.61 bits per heavy atom. The van der Waals surface area contributed by atoms with Gasteiger partial charge in [-0.05, 0) is 36.5 Å². The Bertz CT molecular complexity index is 631. The lowest BCUT2D eigenvalue weighted by molar-refractivity contribution is 0.238. The van der Waals surface area contributed by atoms with Gasteiger partial charge in [0.2, 0.25) is 0 Å². The van der Waals surface area contributed by atoms with E-state index in [2.05, 4.69) is 66.8 Å². The first-order chi connectivity index (χ1) is 11.3. The van der Waals surface area contributed by atoms with Crippen LogP contribution >= 0.6 is 11.8 Å². The van der Waals surface area contributed by atoms with Gasteiger partial charge in [-0.15, -0.1) is 11.8 Å². The standard InChI is InChI=1S/C20H25NOS/c1-2-20(13-8-14-22)15-23-18-12-7-6-11-17(18)19(21-20)16-9-4-3-5-10-16/h3-7,9-12,19,21-22H,2,8,13-15H2,1H3. The third kappa shape index (κ3) is 3.63. The van der Waals surface area contributed by atoms with Crippen LogP contribution in [-0.4, -0.2) is 23.0 Å². The highest BCUT2D eigenvalue weighted by Gasteiger charge is 2.35. The molecule has 2 aromatic carbocycles. The summed E-state index contributed by atoms with van der Waals surface area (Å²) in [6.07, 6.45) is 2.92. The van der Waals surface area contributed by atoms with E-state index in [9.17, 15) is 5.11 Å². The molecule has 2 nitrogen and oxygen atoms in total. The number of hydrogen-bond acceptors (Lipinski definition) is 3. The van der Waals surface area contributed by atoms with E-state index in [1.807, 2.05) is 11.8 Å². The molecule has 3 rings (SSSR count). The second kappa shape index (κ2) is 7.52. The normalized spacial score (nSPS) is 24.0. The Balaban J connectivity index is 2.01. The third-order valence-electron chi connectivity index (χ3n) is 4.81. The lowest BCUT2D eigenvalue weighted by atomic mass is 9.88. The first-order valence-corrected chi connectivity index (χ1v) is 9.42. The molecule has 2 unspecified atom stereocenters. The van der Waals surface area contributed by atoms with Crippen molar-refractivity contribution >= 4 is 11.8 Å². The van der Waals surface area contributed by atoms with Crippen LogP contribution in [0.25, 0.3) is 0 Å². The molecule has 0 saturated carbocycles. The number of thioether (sulfide) groups is 1. The highest BCUT2D eigenvalue weighted by Crippen LogP contribution is 2.40. The number of hydrogen-bond donors (Lipinski definition) is 2. The highest BCUT2D eigenvalue weighted by atomic mass is 32.2. The van der Waals surface area contributed by atoms with Gasteiger partial charge in [0.05, 0.1) is 6.04 Å². The number of aliphatic hydroxyl groups is 1. The first kappa shape index (κ1) is 16.6. The molecule has 2 atom stereocenters. The molecule has 1 aliphatic heterocycles. The van der Waals surface area contributed by atoms with Crippen molar-refractivity contribution in [2.45, 2.75) is 42.7 Å². The average Bonchev–Trinajstić information content (AvgIpc) is 2.79. The van der Waals surface area contributed by atoms with Crippen molar-refractivity contribution in [3.05, 3.63) is 65.7 Å². The summed E-state index contributed by atoms with van der Waals surface area (Å²) in [4.78, 5) is 1.37. The van der Waals surface area contributed by atoms with Crippen molar-refractivity contribution < 1.29 is 5.11 Å². The van der Waals surface area contributed by atoms with Crippen molar-refractivity contribution in [1.82, 2.24) is 5.32 Å². The average molecular weight is 327 g/mol. The Labute approximate surface area is 143 Å². The van der Waals surface area contributed by atoms with Crippen LogP contribution in [0.3, 0.4) is 0 Å². The molecule has 2 N–H and O–H groups in total. The molecule has 0 fully saturated rings. The summed E-state index contributed by atoms with van der Waals surface area (Å²) in [5, 5.41) is 13.3. The van der Waals surface area contributed by atoms with Gasteiger partial charge in [-0.3, -0.25) is 5.32 Å².